The largest absolute Gasteiger partial charge is 0.481 e. The Kier molecular flexibility index (Phi) is 8.41. The van der Waals surface area contributed by atoms with Crippen LogP contribution in [0, 0.1) is 24.7 Å². The smallest absolute Gasteiger partial charge is 0.309 e. The average Bonchev–Trinajstić information content (AvgIpc) is 3.66. The molecule has 0 aromatic heterocycles. The maximum absolute atomic E-state index is 11.3. The van der Waals surface area contributed by atoms with Gasteiger partial charge in [0.2, 0.25) is 0 Å². The van der Waals surface area contributed by atoms with Crippen LogP contribution in [0.1, 0.15) is 112 Å². The van der Waals surface area contributed by atoms with Gasteiger partial charge in [0.05, 0.1) is 10.8 Å². The molecule has 1 aromatic carbocycles. The highest BCUT2D eigenvalue weighted by Crippen LogP contribution is 2.50. The molecule has 0 amide bonds. The molecule has 0 spiro atoms. The quantitative estimate of drug-likeness (QED) is 0.270. The number of carbonyl (C=O) groups is 2. The van der Waals surface area contributed by atoms with E-state index in [9.17, 15) is 19.8 Å². The molecule has 178 valence electrons. The van der Waals surface area contributed by atoms with Crippen LogP contribution in [-0.4, -0.2) is 22.2 Å². The van der Waals surface area contributed by atoms with E-state index < -0.39 is 11.9 Å². The first-order valence-electron chi connectivity index (χ1n) is 12.8. The molecule has 0 atom stereocenters. The summed E-state index contributed by atoms with van der Waals surface area (Å²) in [6, 6.07) is 4.74. The zero-order valence-electron chi connectivity index (χ0n) is 20.2. The fourth-order valence-electron chi connectivity index (χ4n) is 5.14. The summed E-state index contributed by atoms with van der Waals surface area (Å²) in [4.78, 5) is 22.5. The molecule has 2 aliphatic carbocycles. The molecule has 2 fully saturated rings. The van der Waals surface area contributed by atoms with Gasteiger partial charge < -0.3 is 10.2 Å². The van der Waals surface area contributed by atoms with E-state index in [0.717, 1.165) is 77.0 Å². The third-order valence-corrected chi connectivity index (χ3v) is 8.17. The highest BCUT2D eigenvalue weighted by atomic mass is 16.4. The van der Waals surface area contributed by atoms with Gasteiger partial charge in [-0.25, -0.2) is 0 Å². The molecule has 0 radical (unpaired) electrons. The minimum atomic E-state index is -0.591. The first-order chi connectivity index (χ1) is 15.3. The van der Waals surface area contributed by atoms with Gasteiger partial charge >= 0.3 is 11.9 Å². The Morgan fingerprint density at radius 2 is 1.19 bits per heavy atom. The number of aryl methyl sites for hydroxylation is 3. The molecule has 0 heterocycles. The summed E-state index contributed by atoms with van der Waals surface area (Å²) < 4.78 is 0. The van der Waals surface area contributed by atoms with E-state index in [2.05, 4.69) is 26.0 Å². The average molecular weight is 443 g/mol. The Morgan fingerprint density at radius 1 is 0.719 bits per heavy atom. The maximum atomic E-state index is 11.3. The first kappa shape index (κ1) is 24.8. The van der Waals surface area contributed by atoms with Crippen LogP contribution in [0.25, 0.3) is 0 Å². The zero-order valence-corrected chi connectivity index (χ0v) is 20.2. The molecule has 2 aliphatic rings. The van der Waals surface area contributed by atoms with Crippen molar-refractivity contribution in [2.24, 2.45) is 10.8 Å². The Balaban J connectivity index is 1.32. The van der Waals surface area contributed by atoms with Gasteiger partial charge in [0, 0.05) is 0 Å². The van der Waals surface area contributed by atoms with Crippen LogP contribution in [0.3, 0.4) is 0 Å². The van der Waals surface area contributed by atoms with E-state index in [-0.39, 0.29) is 10.8 Å². The molecule has 4 heteroatoms. The second-order valence-electron chi connectivity index (χ2n) is 10.7. The lowest BCUT2D eigenvalue weighted by Crippen LogP contribution is -2.14. The van der Waals surface area contributed by atoms with Crippen molar-refractivity contribution in [3.8, 4) is 0 Å². The SMILES string of the molecule is Cc1cc(CCCCCCC2(C(=O)O)CC2)cc(CCCCCCC2(C(=O)O)CC2)c1C. The number of rotatable bonds is 16. The molecule has 32 heavy (non-hydrogen) atoms. The van der Waals surface area contributed by atoms with Crippen LogP contribution in [0.5, 0.6) is 0 Å². The van der Waals surface area contributed by atoms with Gasteiger partial charge in [-0.15, -0.1) is 0 Å². The summed E-state index contributed by atoms with van der Waals surface area (Å²) in [5.41, 5.74) is 4.98. The van der Waals surface area contributed by atoms with Crippen LogP contribution < -0.4 is 0 Å². The van der Waals surface area contributed by atoms with Crippen molar-refractivity contribution in [2.75, 3.05) is 0 Å². The van der Waals surface area contributed by atoms with Crippen LogP contribution in [0.15, 0.2) is 12.1 Å². The number of carboxylic acids is 2. The summed E-state index contributed by atoms with van der Waals surface area (Å²) in [7, 11) is 0. The molecule has 0 bridgehead atoms. The van der Waals surface area contributed by atoms with E-state index in [1.54, 1.807) is 0 Å². The maximum Gasteiger partial charge on any atom is 0.309 e. The third-order valence-electron chi connectivity index (χ3n) is 8.17. The fraction of sp³-hybridized carbons (Fsp3) is 0.714. The monoisotopic (exact) mass is 442 g/mol. The molecular weight excluding hydrogens is 400 g/mol. The molecule has 1 aromatic rings. The molecule has 0 aliphatic heterocycles. The van der Waals surface area contributed by atoms with Crippen LogP contribution >= 0.6 is 0 Å². The predicted molar refractivity (Wildman–Crippen MR) is 128 cm³/mol. The topological polar surface area (TPSA) is 74.6 Å². The van der Waals surface area contributed by atoms with E-state index in [1.165, 1.54) is 47.9 Å². The lowest BCUT2D eigenvalue weighted by atomic mass is 9.92. The van der Waals surface area contributed by atoms with Gasteiger partial charge in [-0.05, 0) is 100 Å². The molecule has 2 saturated carbocycles. The first-order valence-corrected chi connectivity index (χ1v) is 12.8. The Bertz CT molecular complexity index is 802. The number of aliphatic carboxylic acids is 2. The van der Waals surface area contributed by atoms with Gasteiger partial charge in [-0.3, -0.25) is 9.59 Å². The summed E-state index contributed by atoms with van der Waals surface area (Å²) >= 11 is 0. The minimum Gasteiger partial charge on any atom is -0.481 e. The number of benzene rings is 1. The summed E-state index contributed by atoms with van der Waals surface area (Å²) in [6.45, 7) is 4.44. The zero-order chi connectivity index (χ0) is 23.2. The van der Waals surface area contributed by atoms with Crippen molar-refractivity contribution in [3.05, 3.63) is 34.4 Å². The van der Waals surface area contributed by atoms with E-state index in [1.807, 2.05) is 0 Å². The van der Waals surface area contributed by atoms with E-state index in [0.29, 0.717) is 0 Å². The fourth-order valence-corrected chi connectivity index (χ4v) is 5.14. The van der Waals surface area contributed by atoms with Gasteiger partial charge in [0.25, 0.3) is 0 Å². The van der Waals surface area contributed by atoms with Crippen molar-refractivity contribution in [2.45, 2.75) is 117 Å². The summed E-state index contributed by atoms with van der Waals surface area (Å²) in [6.07, 6.45) is 16.5. The van der Waals surface area contributed by atoms with Crippen molar-refractivity contribution < 1.29 is 19.8 Å². The molecule has 0 unspecified atom stereocenters. The Labute approximate surface area is 193 Å². The van der Waals surface area contributed by atoms with E-state index in [4.69, 9.17) is 0 Å². The normalized spacial score (nSPS) is 17.8. The van der Waals surface area contributed by atoms with Gasteiger partial charge in [-0.1, -0.05) is 50.7 Å². The van der Waals surface area contributed by atoms with Crippen molar-refractivity contribution in [3.63, 3.8) is 0 Å². The third kappa shape index (κ3) is 6.59. The molecule has 0 saturated heterocycles. The molecule has 3 rings (SSSR count). The summed E-state index contributed by atoms with van der Waals surface area (Å²) in [5.74, 6) is -1.18. The second-order valence-corrected chi connectivity index (χ2v) is 10.7. The van der Waals surface area contributed by atoms with Gasteiger partial charge in [0.1, 0.15) is 0 Å². The minimum absolute atomic E-state index is 0.363. The highest BCUT2D eigenvalue weighted by molar-refractivity contribution is 5.78. The standard InChI is InChI=1S/C28H42O4/c1-21-19-23(11-7-3-5-9-13-27(15-16-27)25(29)30)20-24(22(21)2)12-8-4-6-10-14-28(17-18-28)26(31)32/h19-20H,3-18H2,1-2H3,(H,29,30)(H,31,32). The van der Waals surface area contributed by atoms with Gasteiger partial charge in [-0.2, -0.15) is 0 Å². The van der Waals surface area contributed by atoms with Crippen molar-refractivity contribution in [1.82, 2.24) is 0 Å². The van der Waals surface area contributed by atoms with Crippen LogP contribution in [0.2, 0.25) is 0 Å². The second kappa shape index (κ2) is 10.9. The molecule has 4 nitrogen and oxygen atoms in total. The van der Waals surface area contributed by atoms with Crippen molar-refractivity contribution >= 4 is 11.9 Å². The Hall–Kier alpha value is -1.84. The molecular formula is C28H42O4. The molecule has 2 N–H and O–H groups in total. The Morgan fingerprint density at radius 3 is 1.66 bits per heavy atom. The predicted octanol–water partition coefficient (Wildman–Crippen LogP) is 7.02. The number of hydrogen-bond acceptors (Lipinski definition) is 2. The number of carboxylic acid groups (broad SMARTS) is 2. The van der Waals surface area contributed by atoms with Crippen molar-refractivity contribution in [1.29, 1.82) is 0 Å². The van der Waals surface area contributed by atoms with E-state index >= 15 is 0 Å². The number of hydrogen-bond donors (Lipinski definition) is 2. The lowest BCUT2D eigenvalue weighted by molar-refractivity contribution is -0.144. The van der Waals surface area contributed by atoms with Crippen LogP contribution in [-0.2, 0) is 22.4 Å². The lowest BCUT2D eigenvalue weighted by Gasteiger charge is -2.13. The highest BCUT2D eigenvalue weighted by Gasteiger charge is 2.49. The summed E-state index contributed by atoms with van der Waals surface area (Å²) in [5, 5.41) is 18.5. The number of unbranched alkanes of at least 4 members (excludes halogenated alkanes) is 6. The van der Waals surface area contributed by atoms with Gasteiger partial charge in [0.15, 0.2) is 0 Å². The van der Waals surface area contributed by atoms with Crippen LogP contribution in [0.4, 0.5) is 0 Å².